The lowest BCUT2D eigenvalue weighted by atomic mass is 10.0. The number of nitrogens with one attached hydrogen (secondary N) is 2. The van der Waals surface area contributed by atoms with Gasteiger partial charge in [0.2, 0.25) is 0 Å². The van der Waals surface area contributed by atoms with Crippen LogP contribution < -0.4 is 16.4 Å². The third-order valence-electron chi connectivity index (χ3n) is 3.66. The van der Waals surface area contributed by atoms with Crippen molar-refractivity contribution >= 4 is 17.3 Å². The van der Waals surface area contributed by atoms with Gasteiger partial charge in [0.05, 0.1) is 11.2 Å². The highest BCUT2D eigenvalue weighted by molar-refractivity contribution is 6.00. The quantitative estimate of drug-likeness (QED) is 0.617. The summed E-state index contributed by atoms with van der Waals surface area (Å²) >= 11 is 0. The topological polar surface area (TPSA) is 87.4 Å². The van der Waals surface area contributed by atoms with Crippen molar-refractivity contribution in [1.82, 2.24) is 5.32 Å². The summed E-state index contributed by atoms with van der Waals surface area (Å²) < 4.78 is 0. The van der Waals surface area contributed by atoms with Crippen molar-refractivity contribution in [2.75, 3.05) is 24.6 Å². The van der Waals surface area contributed by atoms with Gasteiger partial charge in [0.1, 0.15) is 0 Å². The van der Waals surface area contributed by atoms with E-state index in [1.54, 1.807) is 25.2 Å². The fourth-order valence-electron chi connectivity index (χ4n) is 2.51. The number of hydrogen-bond donors (Lipinski definition) is 4. The first-order valence-electron chi connectivity index (χ1n) is 6.62. The van der Waals surface area contributed by atoms with Crippen molar-refractivity contribution in [2.24, 2.45) is 0 Å². The zero-order valence-corrected chi connectivity index (χ0v) is 11.2. The van der Waals surface area contributed by atoms with Crippen LogP contribution in [-0.4, -0.2) is 30.2 Å². The average Bonchev–Trinajstić information content (AvgIpc) is 2.83. The van der Waals surface area contributed by atoms with Crippen molar-refractivity contribution in [1.29, 1.82) is 0 Å². The Bertz CT molecular complexity index is 468. The fraction of sp³-hybridized carbons (Fsp3) is 0.500. The number of amides is 1. The maximum atomic E-state index is 11.8. The SMILES string of the molecule is CNC(=O)c1ccc(N)cc1NCC1(O)CCCC1. The maximum absolute atomic E-state index is 11.8. The molecule has 1 aliphatic rings. The Hall–Kier alpha value is -1.75. The molecule has 1 aromatic rings. The molecule has 0 heterocycles. The molecule has 0 aromatic heterocycles. The van der Waals surface area contributed by atoms with Gasteiger partial charge in [-0.15, -0.1) is 0 Å². The monoisotopic (exact) mass is 263 g/mol. The van der Waals surface area contributed by atoms with Crippen molar-refractivity contribution in [2.45, 2.75) is 31.3 Å². The van der Waals surface area contributed by atoms with E-state index in [1.807, 2.05) is 0 Å². The molecule has 5 nitrogen and oxygen atoms in total. The van der Waals surface area contributed by atoms with Gasteiger partial charge in [-0.1, -0.05) is 12.8 Å². The van der Waals surface area contributed by atoms with Gasteiger partial charge in [0.25, 0.3) is 5.91 Å². The van der Waals surface area contributed by atoms with Crippen LogP contribution in [0.25, 0.3) is 0 Å². The van der Waals surface area contributed by atoms with Gasteiger partial charge in [0, 0.05) is 25.0 Å². The summed E-state index contributed by atoms with van der Waals surface area (Å²) in [5.74, 6) is -0.166. The van der Waals surface area contributed by atoms with Crippen LogP contribution in [0.4, 0.5) is 11.4 Å². The molecule has 5 N–H and O–H groups in total. The number of nitrogens with two attached hydrogens (primary N) is 1. The van der Waals surface area contributed by atoms with Gasteiger partial charge in [-0.3, -0.25) is 4.79 Å². The first-order valence-corrected chi connectivity index (χ1v) is 6.62. The molecule has 1 fully saturated rings. The second-order valence-corrected chi connectivity index (χ2v) is 5.17. The molecule has 1 saturated carbocycles. The molecule has 0 aliphatic heterocycles. The normalized spacial score (nSPS) is 17.2. The fourth-order valence-corrected chi connectivity index (χ4v) is 2.51. The van der Waals surface area contributed by atoms with Crippen molar-refractivity contribution in [3.63, 3.8) is 0 Å². The van der Waals surface area contributed by atoms with Gasteiger partial charge < -0.3 is 21.5 Å². The van der Waals surface area contributed by atoms with E-state index in [2.05, 4.69) is 10.6 Å². The number of rotatable bonds is 4. The molecule has 5 heteroatoms. The first kappa shape index (κ1) is 13.7. The molecule has 1 amide bonds. The molecule has 0 atom stereocenters. The van der Waals surface area contributed by atoms with Gasteiger partial charge in [-0.05, 0) is 31.0 Å². The van der Waals surface area contributed by atoms with Gasteiger partial charge in [-0.25, -0.2) is 0 Å². The molecule has 2 rings (SSSR count). The molecule has 0 spiro atoms. The Kier molecular flexibility index (Phi) is 3.95. The lowest BCUT2D eigenvalue weighted by molar-refractivity contribution is 0.0614. The summed E-state index contributed by atoms with van der Waals surface area (Å²) in [5.41, 5.74) is 6.89. The first-order chi connectivity index (χ1) is 9.04. The number of carbonyl (C=O) groups excluding carboxylic acids is 1. The highest BCUT2D eigenvalue weighted by atomic mass is 16.3. The maximum Gasteiger partial charge on any atom is 0.253 e. The number of benzene rings is 1. The molecule has 19 heavy (non-hydrogen) atoms. The van der Waals surface area contributed by atoms with Crippen molar-refractivity contribution in [3.8, 4) is 0 Å². The van der Waals surface area contributed by atoms with Crippen LogP contribution in [0.2, 0.25) is 0 Å². The zero-order valence-electron chi connectivity index (χ0n) is 11.2. The number of anilines is 2. The van der Waals surface area contributed by atoms with Crippen molar-refractivity contribution < 1.29 is 9.90 Å². The molecule has 1 aliphatic carbocycles. The summed E-state index contributed by atoms with van der Waals surface area (Å²) in [6.07, 6.45) is 3.71. The number of hydrogen-bond acceptors (Lipinski definition) is 4. The van der Waals surface area contributed by atoms with E-state index in [0.717, 1.165) is 25.7 Å². The largest absolute Gasteiger partial charge is 0.399 e. The lowest BCUT2D eigenvalue weighted by Gasteiger charge is -2.24. The second-order valence-electron chi connectivity index (χ2n) is 5.17. The van der Waals surface area contributed by atoms with E-state index in [9.17, 15) is 9.90 Å². The minimum absolute atomic E-state index is 0.166. The van der Waals surface area contributed by atoms with E-state index in [0.29, 0.717) is 23.5 Å². The Morgan fingerprint density at radius 3 is 2.74 bits per heavy atom. The standard InChI is InChI=1S/C14H21N3O2/c1-16-13(18)11-5-4-10(15)8-12(11)17-9-14(19)6-2-3-7-14/h4-5,8,17,19H,2-3,6-7,9,15H2,1H3,(H,16,18). The van der Waals surface area contributed by atoms with Crippen LogP contribution >= 0.6 is 0 Å². The average molecular weight is 263 g/mol. The second kappa shape index (κ2) is 5.48. The highest BCUT2D eigenvalue weighted by Gasteiger charge is 2.31. The molecular formula is C14H21N3O2. The number of aliphatic hydroxyl groups is 1. The van der Waals surface area contributed by atoms with Crippen LogP contribution in [0.1, 0.15) is 36.0 Å². The Labute approximate surface area is 113 Å². The number of carbonyl (C=O) groups is 1. The van der Waals surface area contributed by atoms with Crippen LogP contribution in [0.3, 0.4) is 0 Å². The van der Waals surface area contributed by atoms with E-state index < -0.39 is 5.60 Å². The summed E-state index contributed by atoms with van der Waals surface area (Å²) in [4.78, 5) is 11.8. The highest BCUT2D eigenvalue weighted by Crippen LogP contribution is 2.30. The smallest absolute Gasteiger partial charge is 0.253 e. The zero-order chi connectivity index (χ0) is 13.9. The minimum atomic E-state index is -0.662. The van der Waals surface area contributed by atoms with Gasteiger partial charge in [0.15, 0.2) is 0 Å². The molecule has 0 bridgehead atoms. The summed E-state index contributed by atoms with van der Waals surface area (Å²) in [6, 6.07) is 5.11. The summed E-state index contributed by atoms with van der Waals surface area (Å²) in [7, 11) is 1.59. The third-order valence-corrected chi connectivity index (χ3v) is 3.66. The molecule has 0 radical (unpaired) electrons. The molecule has 0 saturated heterocycles. The summed E-state index contributed by atoms with van der Waals surface area (Å²) in [5, 5.41) is 16.1. The third kappa shape index (κ3) is 3.17. The molecule has 0 unspecified atom stereocenters. The van der Waals surface area contributed by atoms with Crippen LogP contribution in [-0.2, 0) is 0 Å². The molecule has 1 aromatic carbocycles. The Morgan fingerprint density at radius 1 is 1.42 bits per heavy atom. The predicted octanol–water partition coefficient (Wildman–Crippen LogP) is 1.35. The van der Waals surface area contributed by atoms with Crippen molar-refractivity contribution in [3.05, 3.63) is 23.8 Å². The van der Waals surface area contributed by atoms with E-state index in [1.165, 1.54) is 0 Å². The van der Waals surface area contributed by atoms with Crippen LogP contribution in [0, 0.1) is 0 Å². The van der Waals surface area contributed by atoms with E-state index in [-0.39, 0.29) is 5.91 Å². The van der Waals surface area contributed by atoms with E-state index >= 15 is 0 Å². The Balaban J connectivity index is 2.14. The van der Waals surface area contributed by atoms with Gasteiger partial charge in [-0.2, -0.15) is 0 Å². The van der Waals surface area contributed by atoms with Gasteiger partial charge >= 0.3 is 0 Å². The lowest BCUT2D eigenvalue weighted by Crippen LogP contribution is -2.34. The van der Waals surface area contributed by atoms with Crippen LogP contribution in [0.5, 0.6) is 0 Å². The molecule has 104 valence electrons. The van der Waals surface area contributed by atoms with E-state index in [4.69, 9.17) is 5.73 Å². The minimum Gasteiger partial charge on any atom is -0.399 e. The summed E-state index contributed by atoms with van der Waals surface area (Å²) in [6.45, 7) is 0.445. The predicted molar refractivity (Wildman–Crippen MR) is 76.2 cm³/mol. The molecular weight excluding hydrogens is 242 g/mol. The van der Waals surface area contributed by atoms with Crippen LogP contribution in [0.15, 0.2) is 18.2 Å². The number of nitrogen functional groups attached to an aromatic ring is 1. The Morgan fingerprint density at radius 2 is 2.11 bits per heavy atom.